The smallest absolute Gasteiger partial charge is 0.264 e. The second kappa shape index (κ2) is 23.6. The number of hydrogen-bond donors (Lipinski definition) is 6. The van der Waals surface area contributed by atoms with Crippen LogP contribution in [0.5, 0.6) is 0 Å². The minimum Gasteiger partial charge on any atom is -0.401 e. The lowest BCUT2D eigenvalue weighted by atomic mass is 9.94. The van der Waals surface area contributed by atoms with Gasteiger partial charge in [0.15, 0.2) is 0 Å². The van der Waals surface area contributed by atoms with E-state index < -0.39 is 35.6 Å². The molecule has 4 aliphatic rings. The summed E-state index contributed by atoms with van der Waals surface area (Å²) in [4.78, 5) is 101. The largest absolute Gasteiger partial charge is 0.401 e. The molecule has 18 nitrogen and oxygen atoms in total. The Morgan fingerprint density at radius 3 is 2.33 bits per heavy atom. The molecule has 0 bridgehead atoms. The monoisotopic (exact) mass is 997 g/mol. The highest BCUT2D eigenvalue weighted by Crippen LogP contribution is 2.35. The SMILES string of the molecule is CCN(c1cc(-c2ccc(CN3CCN(CCCC/C(N)=C/NCC(=O)Nc4cccc5c4C(=O)N(C4CCC(=O)NC4=O)C5=O)CC3)cc2)cc(C(=O)NCc2c(C)cc(C)[nH]c2=O)c1C)C1CCOCC1. The van der Waals surface area contributed by atoms with E-state index in [0.29, 0.717) is 42.5 Å². The number of aromatic amines is 1. The lowest BCUT2D eigenvalue weighted by Crippen LogP contribution is -2.54. The first kappa shape index (κ1) is 52.2. The summed E-state index contributed by atoms with van der Waals surface area (Å²) in [6.45, 7) is 15.8. The number of amides is 6. The molecule has 4 aliphatic heterocycles. The van der Waals surface area contributed by atoms with Gasteiger partial charge in [-0.3, -0.25) is 48.7 Å². The first-order valence-corrected chi connectivity index (χ1v) is 25.5. The maximum atomic E-state index is 14.0. The summed E-state index contributed by atoms with van der Waals surface area (Å²) in [6.07, 6.45) is 6.02. The quantitative estimate of drug-likeness (QED) is 0.0557. The number of pyridine rings is 1. The van der Waals surface area contributed by atoms with E-state index in [1.165, 1.54) is 17.7 Å². The van der Waals surface area contributed by atoms with Crippen molar-refractivity contribution in [1.29, 1.82) is 0 Å². The number of unbranched alkanes of at least 4 members (excludes halogenated alkanes) is 1. The van der Waals surface area contributed by atoms with Crippen molar-refractivity contribution < 1.29 is 33.5 Å². The van der Waals surface area contributed by atoms with Gasteiger partial charge >= 0.3 is 0 Å². The Labute approximate surface area is 426 Å². The second-order valence-electron chi connectivity index (χ2n) is 19.5. The molecule has 1 unspecified atom stereocenters. The van der Waals surface area contributed by atoms with Crippen LogP contribution in [0.1, 0.15) is 111 Å². The first-order valence-electron chi connectivity index (χ1n) is 25.5. The number of piperazine rings is 1. The summed E-state index contributed by atoms with van der Waals surface area (Å²) in [5, 5.41) is 10.9. The maximum Gasteiger partial charge on any atom is 0.264 e. The van der Waals surface area contributed by atoms with Gasteiger partial charge < -0.3 is 41.2 Å². The van der Waals surface area contributed by atoms with E-state index in [0.717, 1.165) is 110 Å². The zero-order valence-corrected chi connectivity index (χ0v) is 42.4. The van der Waals surface area contributed by atoms with E-state index in [4.69, 9.17) is 10.5 Å². The number of fused-ring (bicyclic) bond motifs is 1. The highest BCUT2D eigenvalue weighted by Gasteiger charge is 2.45. The van der Waals surface area contributed by atoms with Crippen LogP contribution in [0.2, 0.25) is 0 Å². The topological polar surface area (TPSA) is 232 Å². The highest BCUT2D eigenvalue weighted by molar-refractivity contribution is 6.26. The van der Waals surface area contributed by atoms with Gasteiger partial charge in [0.25, 0.3) is 23.3 Å². The fourth-order valence-corrected chi connectivity index (χ4v) is 10.4. The number of nitrogens with zero attached hydrogens (tertiary/aromatic N) is 4. The van der Waals surface area contributed by atoms with Gasteiger partial charge in [-0.25, -0.2) is 0 Å². The number of aromatic nitrogens is 1. The van der Waals surface area contributed by atoms with Gasteiger partial charge in [-0.05, 0) is 131 Å². The van der Waals surface area contributed by atoms with Crippen LogP contribution in [0.4, 0.5) is 11.4 Å². The zero-order valence-electron chi connectivity index (χ0n) is 42.4. The number of carbonyl (C=O) groups excluding carboxylic acids is 6. The lowest BCUT2D eigenvalue weighted by molar-refractivity contribution is -0.136. The normalized spacial score (nSPS) is 17.9. The number of aryl methyl sites for hydroxylation is 2. The Kier molecular flexibility index (Phi) is 16.9. The van der Waals surface area contributed by atoms with Crippen molar-refractivity contribution in [2.75, 3.05) is 69.2 Å². The number of nitrogens with one attached hydrogen (secondary N) is 5. The molecule has 3 saturated heterocycles. The lowest BCUT2D eigenvalue weighted by Gasteiger charge is -2.37. The number of hydrogen-bond acceptors (Lipinski definition) is 13. The molecule has 0 spiro atoms. The second-order valence-corrected chi connectivity index (χ2v) is 19.5. The fourth-order valence-electron chi connectivity index (χ4n) is 10.4. The number of carbonyl (C=O) groups is 6. The summed E-state index contributed by atoms with van der Waals surface area (Å²) in [5.74, 6) is -3.16. The van der Waals surface area contributed by atoms with Crippen molar-refractivity contribution in [3.8, 4) is 11.1 Å². The molecule has 8 rings (SSSR count). The van der Waals surface area contributed by atoms with Crippen molar-refractivity contribution in [2.24, 2.45) is 5.73 Å². The number of nitrogens with two attached hydrogens (primary N) is 1. The molecule has 7 N–H and O–H groups in total. The number of anilines is 2. The van der Waals surface area contributed by atoms with Gasteiger partial charge in [-0.1, -0.05) is 30.3 Å². The Morgan fingerprint density at radius 1 is 0.877 bits per heavy atom. The average Bonchev–Trinajstić information content (AvgIpc) is 3.62. The molecule has 3 aromatic carbocycles. The predicted octanol–water partition coefficient (Wildman–Crippen LogP) is 4.62. The van der Waals surface area contributed by atoms with Crippen molar-refractivity contribution in [3.05, 3.63) is 128 Å². The van der Waals surface area contributed by atoms with Gasteiger partial charge in [0, 0.05) is 106 Å². The van der Waals surface area contributed by atoms with E-state index in [1.54, 1.807) is 12.3 Å². The maximum absolute atomic E-state index is 14.0. The summed E-state index contributed by atoms with van der Waals surface area (Å²) in [5.41, 5.74) is 14.9. The van der Waals surface area contributed by atoms with Crippen molar-refractivity contribution in [3.63, 3.8) is 0 Å². The summed E-state index contributed by atoms with van der Waals surface area (Å²) >= 11 is 0. The molecule has 0 radical (unpaired) electrons. The molecular weight excluding hydrogens is 929 g/mol. The number of H-pyrrole nitrogens is 1. The van der Waals surface area contributed by atoms with Crippen LogP contribution < -0.4 is 37.5 Å². The predicted molar refractivity (Wildman–Crippen MR) is 279 cm³/mol. The van der Waals surface area contributed by atoms with Gasteiger partial charge in [0.05, 0.1) is 23.4 Å². The minimum atomic E-state index is -1.10. The van der Waals surface area contributed by atoms with Gasteiger partial charge in [0.2, 0.25) is 17.7 Å². The fraction of sp³-hybridized carbons (Fsp3) is 0.436. The van der Waals surface area contributed by atoms with Gasteiger partial charge in [-0.15, -0.1) is 0 Å². The molecule has 0 saturated carbocycles. The van der Waals surface area contributed by atoms with E-state index in [-0.39, 0.29) is 54.2 Å². The first-order chi connectivity index (χ1) is 35.2. The summed E-state index contributed by atoms with van der Waals surface area (Å²) in [7, 11) is 0. The Balaban J connectivity index is 0.787. The van der Waals surface area contributed by atoms with Crippen LogP contribution in [0.15, 0.2) is 77.4 Å². The molecule has 386 valence electrons. The van der Waals surface area contributed by atoms with Crippen LogP contribution in [0.3, 0.4) is 0 Å². The number of piperidine rings is 1. The Bertz CT molecular complexity index is 2830. The highest BCUT2D eigenvalue weighted by atomic mass is 16.5. The van der Waals surface area contributed by atoms with Crippen LogP contribution >= 0.6 is 0 Å². The van der Waals surface area contributed by atoms with E-state index in [2.05, 4.69) is 78.2 Å². The molecule has 4 aromatic rings. The van der Waals surface area contributed by atoms with Crippen LogP contribution in [0, 0.1) is 20.8 Å². The molecule has 73 heavy (non-hydrogen) atoms. The van der Waals surface area contributed by atoms with Crippen molar-refractivity contribution in [2.45, 2.75) is 97.8 Å². The molecular formula is C55H68N10O8. The summed E-state index contributed by atoms with van der Waals surface area (Å²) in [6, 6.07) is 18.5. The molecule has 1 aromatic heterocycles. The van der Waals surface area contributed by atoms with Crippen LogP contribution in [-0.2, 0) is 32.2 Å². The molecule has 0 aliphatic carbocycles. The van der Waals surface area contributed by atoms with Gasteiger partial charge in [0.1, 0.15) is 6.04 Å². The molecule has 3 fully saturated rings. The third kappa shape index (κ3) is 12.4. The van der Waals surface area contributed by atoms with E-state index in [9.17, 15) is 33.6 Å². The number of allylic oxidation sites excluding steroid dienone is 1. The Hall–Kier alpha value is -7.15. The molecule has 18 heteroatoms. The van der Waals surface area contributed by atoms with Gasteiger partial charge in [-0.2, -0.15) is 0 Å². The molecule has 1 atom stereocenters. The third-order valence-electron chi connectivity index (χ3n) is 14.5. The molecule has 5 heterocycles. The van der Waals surface area contributed by atoms with Crippen LogP contribution in [-0.4, -0.2) is 126 Å². The van der Waals surface area contributed by atoms with E-state index in [1.807, 2.05) is 32.9 Å². The number of rotatable bonds is 19. The average molecular weight is 997 g/mol. The van der Waals surface area contributed by atoms with Crippen molar-refractivity contribution in [1.82, 2.24) is 35.6 Å². The van der Waals surface area contributed by atoms with E-state index >= 15 is 0 Å². The Morgan fingerprint density at radius 2 is 1.62 bits per heavy atom. The van der Waals surface area contributed by atoms with Crippen LogP contribution in [0.25, 0.3) is 11.1 Å². The molecule has 6 amide bonds. The number of ether oxygens (including phenoxy) is 1. The standard InChI is InChI=1S/C55H68N10O8/c1-5-64(41-18-25-73-26-19-41)47-29-39(28-43(36(47)4)51(68)58-31-44-34(2)27-35(3)59-52(44)69)38-14-12-37(13-15-38)33-63-23-21-62(22-24-63)20-7-6-9-40(56)30-57-32-49(67)60-45-11-8-10-42-50(45)55(72)65(54(42)71)46-16-17-48(66)61-53(46)70/h8,10-15,27-30,41,46,57H,5-7,9,16-26,31-33,56H2,1-4H3,(H,58,68)(H,59,69)(H,60,67)(H,61,66,70)/b40-30-. The number of imide groups is 2. The zero-order chi connectivity index (χ0) is 51.8. The minimum absolute atomic E-state index is 0.0114. The van der Waals surface area contributed by atoms with Crippen molar-refractivity contribution >= 4 is 46.8 Å². The third-order valence-corrected chi connectivity index (χ3v) is 14.5. The number of benzene rings is 3. The summed E-state index contributed by atoms with van der Waals surface area (Å²) < 4.78 is 5.70.